The van der Waals surface area contributed by atoms with Crippen molar-refractivity contribution in [3.05, 3.63) is 73.1 Å². The molecule has 0 atom stereocenters. The molecule has 0 radical (unpaired) electrons. The molecule has 4 nitrogen and oxygen atoms in total. The quantitative estimate of drug-likeness (QED) is 0.494. The Morgan fingerprint density at radius 1 is 0.852 bits per heavy atom. The van der Waals surface area contributed by atoms with Crippen LogP contribution in [-0.2, 0) is 0 Å². The van der Waals surface area contributed by atoms with Crippen LogP contribution in [0.15, 0.2) is 73.1 Å². The number of pyridine rings is 1. The molecule has 0 saturated carbocycles. The molecular weight excluding hydrogens is 332 g/mol. The fourth-order valence-corrected chi connectivity index (χ4v) is 3.40. The van der Waals surface area contributed by atoms with Crippen molar-refractivity contribution in [2.24, 2.45) is 0 Å². The minimum atomic E-state index is 0.882. The van der Waals surface area contributed by atoms with Gasteiger partial charge in [0, 0.05) is 37.1 Å². The summed E-state index contributed by atoms with van der Waals surface area (Å²) in [6.07, 6.45) is 4.70. The molecule has 27 heavy (non-hydrogen) atoms. The van der Waals surface area contributed by atoms with Crippen LogP contribution in [0.5, 0.6) is 0 Å². The first-order valence-electron chi connectivity index (χ1n) is 9.25. The first-order valence-corrected chi connectivity index (χ1v) is 9.25. The van der Waals surface area contributed by atoms with Crippen molar-refractivity contribution < 1.29 is 0 Å². The minimum Gasteiger partial charge on any atom is -0.358 e. The van der Waals surface area contributed by atoms with Crippen LogP contribution in [-0.4, -0.2) is 28.8 Å². The van der Waals surface area contributed by atoms with E-state index in [2.05, 4.69) is 82.6 Å². The summed E-state index contributed by atoms with van der Waals surface area (Å²) >= 11 is 0. The van der Waals surface area contributed by atoms with E-state index in [4.69, 9.17) is 0 Å². The van der Waals surface area contributed by atoms with Gasteiger partial charge in [0.1, 0.15) is 5.69 Å². The van der Waals surface area contributed by atoms with Gasteiger partial charge in [-0.1, -0.05) is 49.4 Å². The number of hydrogen-bond donors (Lipinski definition) is 0. The molecule has 2 aromatic heterocycles. The number of aromatic nitrogens is 3. The molecular formula is C23H22N4. The molecule has 2 aromatic carbocycles. The van der Waals surface area contributed by atoms with Crippen LogP contribution in [0.2, 0.25) is 0 Å². The Bertz CT molecular complexity index is 1050. The van der Waals surface area contributed by atoms with Gasteiger partial charge in [-0.2, -0.15) is 0 Å². The first-order chi connectivity index (χ1) is 13.3. The van der Waals surface area contributed by atoms with Gasteiger partial charge in [-0.3, -0.25) is 4.98 Å². The Labute approximate surface area is 159 Å². The van der Waals surface area contributed by atoms with E-state index in [0.29, 0.717) is 0 Å². The van der Waals surface area contributed by atoms with Gasteiger partial charge in [-0.15, -0.1) is 10.2 Å². The molecule has 0 saturated heterocycles. The average molecular weight is 354 g/mol. The van der Waals surface area contributed by atoms with Gasteiger partial charge in [-0.05, 0) is 41.0 Å². The summed E-state index contributed by atoms with van der Waals surface area (Å²) in [5.41, 5.74) is 4.15. The zero-order valence-corrected chi connectivity index (χ0v) is 15.6. The standard InChI is InChI=1S/C23H22N4/c1-3-15-27(2)22-16-21(18-11-13-24-14-12-18)23(26-25-22)20-10-6-8-17-7-4-5-9-19(17)20/h4-14,16H,3,15H2,1-2H3. The van der Waals surface area contributed by atoms with Gasteiger partial charge in [0.05, 0.1) is 0 Å². The minimum absolute atomic E-state index is 0.882. The maximum absolute atomic E-state index is 4.67. The Morgan fingerprint density at radius 3 is 2.44 bits per heavy atom. The van der Waals surface area contributed by atoms with E-state index in [0.717, 1.165) is 41.2 Å². The van der Waals surface area contributed by atoms with Crippen LogP contribution in [0.1, 0.15) is 13.3 Å². The Balaban J connectivity index is 1.94. The zero-order chi connectivity index (χ0) is 18.6. The van der Waals surface area contributed by atoms with Crippen LogP contribution in [0.25, 0.3) is 33.2 Å². The predicted octanol–water partition coefficient (Wildman–Crippen LogP) is 5.21. The van der Waals surface area contributed by atoms with Crippen molar-refractivity contribution in [1.82, 2.24) is 15.2 Å². The number of benzene rings is 2. The second-order valence-electron chi connectivity index (χ2n) is 6.65. The van der Waals surface area contributed by atoms with Gasteiger partial charge in [0.2, 0.25) is 0 Å². The third-order valence-electron chi connectivity index (χ3n) is 4.77. The lowest BCUT2D eigenvalue weighted by atomic mass is 9.96. The Morgan fingerprint density at radius 2 is 1.63 bits per heavy atom. The van der Waals surface area contributed by atoms with E-state index in [9.17, 15) is 0 Å². The van der Waals surface area contributed by atoms with Crippen LogP contribution in [0.3, 0.4) is 0 Å². The summed E-state index contributed by atoms with van der Waals surface area (Å²) in [4.78, 5) is 6.31. The SMILES string of the molecule is CCCN(C)c1cc(-c2ccncc2)c(-c2cccc3ccccc23)nn1. The molecule has 4 aromatic rings. The summed E-state index contributed by atoms with van der Waals surface area (Å²) in [7, 11) is 2.06. The normalized spacial score (nSPS) is 10.9. The van der Waals surface area contributed by atoms with Crippen LogP contribution >= 0.6 is 0 Å². The second-order valence-corrected chi connectivity index (χ2v) is 6.65. The van der Waals surface area contributed by atoms with Crippen molar-refractivity contribution >= 4 is 16.6 Å². The topological polar surface area (TPSA) is 41.9 Å². The maximum Gasteiger partial charge on any atom is 0.151 e. The highest BCUT2D eigenvalue weighted by Gasteiger charge is 2.15. The van der Waals surface area contributed by atoms with Crippen LogP contribution in [0.4, 0.5) is 5.82 Å². The Kier molecular flexibility index (Phi) is 4.79. The molecule has 0 fully saturated rings. The lowest BCUT2D eigenvalue weighted by Crippen LogP contribution is -2.19. The Hall–Kier alpha value is -3.27. The molecule has 0 unspecified atom stereocenters. The van der Waals surface area contributed by atoms with Crippen LogP contribution < -0.4 is 4.90 Å². The lowest BCUT2D eigenvalue weighted by molar-refractivity contribution is 0.823. The van der Waals surface area contributed by atoms with E-state index in [-0.39, 0.29) is 0 Å². The number of rotatable bonds is 5. The van der Waals surface area contributed by atoms with E-state index in [1.165, 1.54) is 10.8 Å². The van der Waals surface area contributed by atoms with E-state index in [1.807, 2.05) is 24.5 Å². The number of fused-ring (bicyclic) bond motifs is 1. The lowest BCUT2D eigenvalue weighted by Gasteiger charge is -2.19. The highest BCUT2D eigenvalue weighted by molar-refractivity contribution is 5.99. The molecule has 0 aliphatic heterocycles. The van der Waals surface area contributed by atoms with Gasteiger partial charge in [0.25, 0.3) is 0 Å². The predicted molar refractivity (Wildman–Crippen MR) is 112 cm³/mol. The molecule has 0 bridgehead atoms. The van der Waals surface area contributed by atoms with Crippen molar-refractivity contribution in [3.8, 4) is 22.4 Å². The van der Waals surface area contributed by atoms with E-state index < -0.39 is 0 Å². The summed E-state index contributed by atoms with van der Waals surface area (Å²) in [6, 6.07) is 20.9. The molecule has 2 heterocycles. The van der Waals surface area contributed by atoms with E-state index >= 15 is 0 Å². The molecule has 0 aliphatic rings. The summed E-state index contributed by atoms with van der Waals surface area (Å²) in [5.74, 6) is 0.882. The van der Waals surface area contributed by atoms with E-state index in [1.54, 1.807) is 0 Å². The highest BCUT2D eigenvalue weighted by Crippen LogP contribution is 2.35. The van der Waals surface area contributed by atoms with Gasteiger partial charge in [0.15, 0.2) is 5.82 Å². The van der Waals surface area contributed by atoms with Crippen molar-refractivity contribution in [2.45, 2.75) is 13.3 Å². The monoisotopic (exact) mass is 354 g/mol. The van der Waals surface area contributed by atoms with Crippen molar-refractivity contribution in [3.63, 3.8) is 0 Å². The average Bonchev–Trinajstić information content (AvgIpc) is 2.74. The largest absolute Gasteiger partial charge is 0.358 e. The number of nitrogens with zero attached hydrogens (tertiary/aromatic N) is 4. The third-order valence-corrected chi connectivity index (χ3v) is 4.77. The fourth-order valence-electron chi connectivity index (χ4n) is 3.40. The highest BCUT2D eigenvalue weighted by atomic mass is 15.2. The summed E-state index contributed by atoms with van der Waals surface area (Å²) in [5, 5.41) is 11.6. The second kappa shape index (κ2) is 7.54. The molecule has 0 N–H and O–H groups in total. The zero-order valence-electron chi connectivity index (χ0n) is 15.6. The molecule has 0 aliphatic carbocycles. The van der Waals surface area contributed by atoms with Gasteiger partial charge < -0.3 is 4.90 Å². The fraction of sp³-hybridized carbons (Fsp3) is 0.174. The molecule has 0 spiro atoms. The van der Waals surface area contributed by atoms with Gasteiger partial charge >= 0.3 is 0 Å². The molecule has 0 amide bonds. The molecule has 134 valence electrons. The maximum atomic E-state index is 4.67. The van der Waals surface area contributed by atoms with Crippen molar-refractivity contribution in [1.29, 1.82) is 0 Å². The van der Waals surface area contributed by atoms with Crippen LogP contribution in [0, 0.1) is 0 Å². The molecule has 4 rings (SSSR count). The first kappa shape index (κ1) is 17.2. The summed E-state index contributed by atoms with van der Waals surface area (Å²) < 4.78 is 0. The van der Waals surface area contributed by atoms with Crippen molar-refractivity contribution in [2.75, 3.05) is 18.5 Å². The number of hydrogen-bond acceptors (Lipinski definition) is 4. The third kappa shape index (κ3) is 3.38. The number of anilines is 1. The smallest absolute Gasteiger partial charge is 0.151 e. The van der Waals surface area contributed by atoms with Gasteiger partial charge in [-0.25, -0.2) is 0 Å². The summed E-state index contributed by atoms with van der Waals surface area (Å²) in [6.45, 7) is 3.11. The molecule has 4 heteroatoms.